The van der Waals surface area contributed by atoms with Gasteiger partial charge in [0.25, 0.3) is 10.0 Å². The molecule has 0 saturated carbocycles. The standard InChI is InChI=1S/C19H24F3N3O2S3/c1-13-5-4-6-15(18(13)25-11-9-14(10-12-25)19(20,21)22)23-29-16-7-8-17(28-16)30(26,27)24(2)3/h4-8,14,23H,9-12H2,1-3H3. The number of sulfonamides is 1. The number of piperidine rings is 1. The van der Waals surface area contributed by atoms with Crippen LogP contribution in [-0.4, -0.2) is 46.1 Å². The molecule has 0 bridgehead atoms. The Morgan fingerprint density at radius 3 is 2.43 bits per heavy atom. The fourth-order valence-electron chi connectivity index (χ4n) is 3.37. The normalized spacial score (nSPS) is 16.3. The van der Waals surface area contributed by atoms with Crippen LogP contribution in [0.3, 0.4) is 0 Å². The van der Waals surface area contributed by atoms with E-state index in [0.717, 1.165) is 21.1 Å². The molecule has 1 aromatic carbocycles. The Kier molecular flexibility index (Phi) is 6.95. The molecule has 11 heteroatoms. The average Bonchev–Trinajstić information content (AvgIpc) is 3.15. The van der Waals surface area contributed by atoms with Crippen molar-refractivity contribution in [3.63, 3.8) is 0 Å². The number of halogens is 3. The number of alkyl halides is 3. The summed E-state index contributed by atoms with van der Waals surface area (Å²) >= 11 is 2.46. The van der Waals surface area contributed by atoms with Crippen LogP contribution in [0.2, 0.25) is 0 Å². The highest BCUT2D eigenvalue weighted by atomic mass is 32.3. The van der Waals surface area contributed by atoms with E-state index in [9.17, 15) is 21.6 Å². The number of thiophene rings is 1. The SMILES string of the molecule is Cc1cccc(NSc2ccc(S(=O)(=O)N(C)C)s2)c1N1CCC(C(F)(F)F)CC1. The van der Waals surface area contributed by atoms with Gasteiger partial charge in [0.1, 0.15) is 4.21 Å². The van der Waals surface area contributed by atoms with Gasteiger partial charge >= 0.3 is 6.18 Å². The van der Waals surface area contributed by atoms with E-state index in [4.69, 9.17) is 0 Å². The Morgan fingerprint density at radius 2 is 1.83 bits per heavy atom. The van der Waals surface area contributed by atoms with Crippen LogP contribution in [0.15, 0.2) is 38.8 Å². The predicted molar refractivity (Wildman–Crippen MR) is 117 cm³/mol. The van der Waals surface area contributed by atoms with E-state index in [0.29, 0.717) is 13.1 Å². The van der Waals surface area contributed by atoms with Crippen LogP contribution >= 0.6 is 23.3 Å². The van der Waals surface area contributed by atoms with Gasteiger partial charge in [-0.15, -0.1) is 11.3 Å². The van der Waals surface area contributed by atoms with Gasteiger partial charge in [-0.25, -0.2) is 12.7 Å². The quantitative estimate of drug-likeness (QED) is 0.577. The minimum absolute atomic E-state index is 0.0844. The van der Waals surface area contributed by atoms with Crippen molar-refractivity contribution in [2.24, 2.45) is 5.92 Å². The molecule has 1 fully saturated rings. The van der Waals surface area contributed by atoms with Gasteiger partial charge in [-0.2, -0.15) is 13.2 Å². The molecule has 1 N–H and O–H groups in total. The predicted octanol–water partition coefficient (Wildman–Crippen LogP) is 5.20. The molecule has 1 aromatic heterocycles. The number of aryl methyl sites for hydroxylation is 1. The number of nitrogens with one attached hydrogen (secondary N) is 1. The smallest absolute Gasteiger partial charge is 0.370 e. The summed E-state index contributed by atoms with van der Waals surface area (Å²) in [6.45, 7) is 2.63. The van der Waals surface area contributed by atoms with E-state index in [-0.39, 0.29) is 17.1 Å². The molecule has 0 radical (unpaired) electrons. The molecule has 30 heavy (non-hydrogen) atoms. The number of nitrogens with zero attached hydrogens (tertiary/aromatic N) is 2. The van der Waals surface area contributed by atoms with Crippen LogP contribution in [0.5, 0.6) is 0 Å². The molecule has 1 saturated heterocycles. The number of hydrogen-bond donors (Lipinski definition) is 1. The maximum Gasteiger partial charge on any atom is 0.391 e. The molecule has 2 aromatic rings. The Hall–Kier alpha value is -1.43. The Bertz CT molecular complexity index is 982. The summed E-state index contributed by atoms with van der Waals surface area (Å²) < 4.78 is 68.9. The van der Waals surface area contributed by atoms with Crippen molar-refractivity contribution in [2.45, 2.75) is 34.4 Å². The summed E-state index contributed by atoms with van der Waals surface area (Å²) in [5.41, 5.74) is 2.67. The van der Waals surface area contributed by atoms with Gasteiger partial charge in [-0.1, -0.05) is 12.1 Å². The van der Waals surface area contributed by atoms with Crippen LogP contribution in [-0.2, 0) is 10.0 Å². The fraction of sp³-hybridized carbons (Fsp3) is 0.474. The van der Waals surface area contributed by atoms with Crippen molar-refractivity contribution < 1.29 is 21.6 Å². The fourth-order valence-corrected chi connectivity index (χ4v) is 6.81. The molecule has 1 aliphatic rings. The maximum atomic E-state index is 13.0. The number of benzene rings is 1. The van der Waals surface area contributed by atoms with E-state index in [1.165, 1.54) is 41.7 Å². The van der Waals surface area contributed by atoms with Crippen LogP contribution < -0.4 is 9.62 Å². The second-order valence-electron chi connectivity index (χ2n) is 7.34. The zero-order chi connectivity index (χ0) is 22.1. The Morgan fingerprint density at radius 1 is 1.17 bits per heavy atom. The van der Waals surface area contributed by atoms with Gasteiger partial charge in [-0.05, 0) is 55.5 Å². The molecule has 1 aliphatic heterocycles. The van der Waals surface area contributed by atoms with Crippen molar-refractivity contribution in [2.75, 3.05) is 36.8 Å². The maximum absolute atomic E-state index is 13.0. The second-order valence-corrected chi connectivity index (χ2v) is 11.9. The molecule has 3 rings (SSSR count). The van der Waals surface area contributed by atoms with Crippen molar-refractivity contribution >= 4 is 44.7 Å². The molecule has 166 valence electrons. The zero-order valence-electron chi connectivity index (χ0n) is 16.9. The van der Waals surface area contributed by atoms with Gasteiger partial charge in [0.2, 0.25) is 0 Å². The topological polar surface area (TPSA) is 52.7 Å². The number of rotatable bonds is 6. The van der Waals surface area contributed by atoms with Crippen LogP contribution in [0.1, 0.15) is 18.4 Å². The lowest BCUT2D eigenvalue weighted by atomic mass is 9.95. The first-order valence-electron chi connectivity index (χ1n) is 9.36. The molecule has 5 nitrogen and oxygen atoms in total. The van der Waals surface area contributed by atoms with Gasteiger partial charge in [0, 0.05) is 27.2 Å². The molecular weight excluding hydrogens is 455 g/mol. The zero-order valence-corrected chi connectivity index (χ0v) is 19.3. The Labute approximate surface area is 183 Å². The van der Waals surface area contributed by atoms with Crippen molar-refractivity contribution in [3.05, 3.63) is 35.9 Å². The molecule has 0 atom stereocenters. The van der Waals surface area contributed by atoms with Gasteiger partial charge < -0.3 is 9.62 Å². The first kappa shape index (κ1) is 23.2. The highest BCUT2D eigenvalue weighted by Crippen LogP contribution is 2.40. The molecule has 2 heterocycles. The van der Waals surface area contributed by atoms with Crippen LogP contribution in [0.25, 0.3) is 0 Å². The van der Waals surface area contributed by atoms with Crippen LogP contribution in [0.4, 0.5) is 24.5 Å². The number of anilines is 2. The molecule has 0 unspecified atom stereocenters. The van der Waals surface area contributed by atoms with Crippen molar-refractivity contribution in [3.8, 4) is 0 Å². The third kappa shape index (κ3) is 5.06. The summed E-state index contributed by atoms with van der Waals surface area (Å²) in [6.07, 6.45) is -3.97. The highest BCUT2D eigenvalue weighted by Gasteiger charge is 2.41. The largest absolute Gasteiger partial charge is 0.391 e. The lowest BCUT2D eigenvalue weighted by Crippen LogP contribution is -2.39. The third-order valence-corrected chi connectivity index (χ3v) is 9.39. The molecule has 0 aliphatic carbocycles. The van der Waals surface area contributed by atoms with Gasteiger partial charge in [0.05, 0.1) is 21.5 Å². The second kappa shape index (κ2) is 8.97. The van der Waals surface area contributed by atoms with Crippen molar-refractivity contribution in [1.29, 1.82) is 0 Å². The van der Waals surface area contributed by atoms with E-state index in [1.807, 2.05) is 30.0 Å². The first-order valence-corrected chi connectivity index (χ1v) is 12.4. The van der Waals surface area contributed by atoms with Crippen molar-refractivity contribution in [1.82, 2.24) is 4.31 Å². The molecule has 0 amide bonds. The van der Waals surface area contributed by atoms with E-state index >= 15 is 0 Å². The van der Waals surface area contributed by atoms with Gasteiger partial charge in [0.15, 0.2) is 0 Å². The lowest BCUT2D eigenvalue weighted by Gasteiger charge is -2.36. The summed E-state index contributed by atoms with van der Waals surface area (Å²) in [5.74, 6) is -1.24. The Balaban J connectivity index is 1.73. The summed E-state index contributed by atoms with van der Waals surface area (Å²) in [6, 6.07) is 9.02. The summed E-state index contributed by atoms with van der Waals surface area (Å²) in [4.78, 5) is 2.00. The third-order valence-electron chi connectivity index (χ3n) is 5.07. The monoisotopic (exact) mass is 479 g/mol. The highest BCUT2D eigenvalue weighted by molar-refractivity contribution is 8.02. The summed E-state index contributed by atoms with van der Waals surface area (Å²) in [5, 5.41) is 0. The average molecular weight is 480 g/mol. The molecule has 0 spiro atoms. The number of para-hydroxylation sites is 1. The molecular formula is C19H24F3N3O2S3. The van der Waals surface area contributed by atoms with E-state index < -0.39 is 22.1 Å². The first-order chi connectivity index (χ1) is 14.0. The van der Waals surface area contributed by atoms with E-state index in [2.05, 4.69) is 4.72 Å². The minimum Gasteiger partial charge on any atom is -0.370 e. The van der Waals surface area contributed by atoms with Crippen LogP contribution in [0, 0.1) is 12.8 Å². The summed E-state index contributed by atoms with van der Waals surface area (Å²) in [7, 11) is -0.503. The van der Waals surface area contributed by atoms with Gasteiger partial charge in [-0.3, -0.25) is 0 Å². The van der Waals surface area contributed by atoms with E-state index in [1.54, 1.807) is 12.1 Å². The minimum atomic E-state index is -4.14. The number of hydrogen-bond acceptors (Lipinski definition) is 6. The lowest BCUT2D eigenvalue weighted by molar-refractivity contribution is -0.179.